The largest absolute Gasteiger partial charge is 0.389 e. The van der Waals surface area contributed by atoms with Crippen molar-refractivity contribution in [1.82, 2.24) is 4.90 Å². The quantitative estimate of drug-likeness (QED) is 0.562. The van der Waals surface area contributed by atoms with Crippen molar-refractivity contribution in [3.05, 3.63) is 34.9 Å². The monoisotopic (exact) mass is 303 g/mol. The van der Waals surface area contributed by atoms with E-state index < -0.39 is 6.10 Å². The molecule has 0 amide bonds. The van der Waals surface area contributed by atoms with Crippen molar-refractivity contribution < 1.29 is 9.84 Å². The van der Waals surface area contributed by atoms with Crippen molar-refractivity contribution in [1.29, 1.82) is 0 Å². The average Bonchev–Trinajstić information content (AvgIpc) is 2.49. The molecule has 1 rings (SSSR count). The highest BCUT2D eigenvalue weighted by Crippen LogP contribution is 2.16. The minimum Gasteiger partial charge on any atom is -0.389 e. The number of hydrogen-bond donors (Lipinski definition) is 1. The number of aliphatic hydroxyl groups excluding tert-OH is 1. The van der Waals surface area contributed by atoms with Crippen LogP contribution in [0.1, 0.15) is 37.0 Å². The van der Waals surface area contributed by atoms with Gasteiger partial charge in [0.2, 0.25) is 0 Å². The average molecular weight is 303 g/mol. The molecule has 0 aliphatic rings. The predicted octanol–water partition coefficient (Wildman–Crippen LogP) is 2.91. The van der Waals surface area contributed by atoms with E-state index in [2.05, 4.69) is 56.7 Å². The Hall–Kier alpha value is -1.34. The Bertz CT molecular complexity index is 493. The van der Waals surface area contributed by atoms with E-state index in [0.717, 1.165) is 13.0 Å². The first-order valence-corrected chi connectivity index (χ1v) is 7.97. The van der Waals surface area contributed by atoms with Crippen LogP contribution in [0.25, 0.3) is 0 Å². The van der Waals surface area contributed by atoms with Gasteiger partial charge in [-0.1, -0.05) is 36.6 Å². The molecule has 1 aromatic rings. The van der Waals surface area contributed by atoms with Crippen molar-refractivity contribution in [3.63, 3.8) is 0 Å². The summed E-state index contributed by atoms with van der Waals surface area (Å²) in [6.07, 6.45) is 5.68. The van der Waals surface area contributed by atoms with Crippen LogP contribution in [0.5, 0.6) is 0 Å². The second kappa shape index (κ2) is 9.63. The van der Waals surface area contributed by atoms with Crippen molar-refractivity contribution >= 4 is 0 Å². The summed E-state index contributed by atoms with van der Waals surface area (Å²) in [6, 6.07) is 6.93. The van der Waals surface area contributed by atoms with Gasteiger partial charge in [-0.25, -0.2) is 0 Å². The molecule has 0 saturated carbocycles. The molecule has 0 radical (unpaired) electrons. The second-order valence-electron chi connectivity index (χ2n) is 5.99. The highest BCUT2D eigenvalue weighted by Gasteiger charge is 2.18. The molecule has 0 spiro atoms. The van der Waals surface area contributed by atoms with Crippen LogP contribution >= 0.6 is 0 Å². The van der Waals surface area contributed by atoms with Crippen molar-refractivity contribution in [2.75, 3.05) is 19.8 Å². The van der Waals surface area contributed by atoms with Gasteiger partial charge in [0.15, 0.2) is 0 Å². The lowest BCUT2D eigenvalue weighted by Crippen LogP contribution is -2.40. The van der Waals surface area contributed by atoms with E-state index in [9.17, 15) is 5.11 Å². The Labute approximate surface area is 135 Å². The van der Waals surface area contributed by atoms with E-state index >= 15 is 0 Å². The fourth-order valence-electron chi connectivity index (χ4n) is 2.43. The molecule has 1 aromatic carbocycles. The zero-order chi connectivity index (χ0) is 16.5. The van der Waals surface area contributed by atoms with Gasteiger partial charge in [-0.2, -0.15) is 0 Å². The summed E-state index contributed by atoms with van der Waals surface area (Å²) in [4.78, 5) is 2.31. The van der Waals surface area contributed by atoms with Crippen molar-refractivity contribution in [3.8, 4) is 12.3 Å². The number of benzene rings is 1. The third-order valence-corrected chi connectivity index (χ3v) is 4.03. The van der Waals surface area contributed by atoms with E-state index in [1.807, 2.05) is 0 Å². The zero-order valence-electron chi connectivity index (χ0n) is 14.3. The van der Waals surface area contributed by atoms with Gasteiger partial charge < -0.3 is 9.84 Å². The molecule has 0 aliphatic carbocycles. The normalized spacial score (nSPS) is 13.9. The highest BCUT2D eigenvalue weighted by atomic mass is 16.5. The fourth-order valence-corrected chi connectivity index (χ4v) is 2.43. The lowest BCUT2D eigenvalue weighted by Gasteiger charge is -2.31. The number of aliphatic hydroxyl groups is 1. The molecule has 0 saturated heterocycles. The van der Waals surface area contributed by atoms with Crippen LogP contribution in [-0.4, -0.2) is 41.9 Å². The second-order valence-corrected chi connectivity index (χ2v) is 5.99. The van der Waals surface area contributed by atoms with Crippen LogP contribution in [0.3, 0.4) is 0 Å². The Balaban J connectivity index is 2.72. The number of aryl methyl sites for hydroxylation is 2. The first-order valence-electron chi connectivity index (χ1n) is 7.97. The van der Waals surface area contributed by atoms with E-state index in [-0.39, 0.29) is 13.2 Å². The molecule has 22 heavy (non-hydrogen) atoms. The lowest BCUT2D eigenvalue weighted by molar-refractivity contribution is 0.0169. The van der Waals surface area contributed by atoms with Crippen LogP contribution in [0.4, 0.5) is 0 Å². The Kier molecular flexibility index (Phi) is 8.19. The number of hydrogen-bond acceptors (Lipinski definition) is 3. The number of terminal acetylenes is 1. The lowest BCUT2D eigenvalue weighted by atomic mass is 10.0. The highest BCUT2D eigenvalue weighted by molar-refractivity contribution is 5.30. The third kappa shape index (κ3) is 6.19. The molecule has 122 valence electrons. The zero-order valence-corrected chi connectivity index (χ0v) is 14.3. The van der Waals surface area contributed by atoms with Crippen LogP contribution < -0.4 is 0 Å². The van der Waals surface area contributed by atoms with Crippen LogP contribution in [0, 0.1) is 26.2 Å². The summed E-state index contributed by atoms with van der Waals surface area (Å²) < 4.78 is 5.24. The molecule has 0 heterocycles. The van der Waals surface area contributed by atoms with Crippen LogP contribution in [0.15, 0.2) is 18.2 Å². The fraction of sp³-hybridized carbons (Fsp3) is 0.579. The van der Waals surface area contributed by atoms with Gasteiger partial charge in [-0.3, -0.25) is 4.90 Å². The molecule has 0 aromatic heterocycles. The minimum atomic E-state index is -0.521. The van der Waals surface area contributed by atoms with Crippen LogP contribution in [0.2, 0.25) is 0 Å². The van der Waals surface area contributed by atoms with Gasteiger partial charge in [0.05, 0.1) is 12.7 Å². The number of rotatable bonds is 9. The number of ether oxygens (including phenoxy) is 1. The van der Waals surface area contributed by atoms with Gasteiger partial charge in [0.1, 0.15) is 6.61 Å². The molecule has 3 heteroatoms. The van der Waals surface area contributed by atoms with Gasteiger partial charge in [0, 0.05) is 19.1 Å². The maximum atomic E-state index is 10.2. The maximum absolute atomic E-state index is 10.2. The van der Waals surface area contributed by atoms with E-state index in [0.29, 0.717) is 12.6 Å². The predicted molar refractivity (Wildman–Crippen MR) is 91.7 cm³/mol. The van der Waals surface area contributed by atoms with Gasteiger partial charge in [-0.05, 0) is 38.3 Å². The summed E-state index contributed by atoms with van der Waals surface area (Å²) in [6.45, 7) is 10.6. The first-order chi connectivity index (χ1) is 10.5. The molecule has 0 unspecified atom stereocenters. The summed E-state index contributed by atoms with van der Waals surface area (Å²) in [5.41, 5.74) is 3.87. The van der Waals surface area contributed by atoms with Crippen LogP contribution in [-0.2, 0) is 11.3 Å². The summed E-state index contributed by atoms with van der Waals surface area (Å²) in [5, 5.41) is 10.2. The molecular formula is C19H29NO2. The van der Waals surface area contributed by atoms with E-state index in [4.69, 9.17) is 11.2 Å². The van der Waals surface area contributed by atoms with Crippen molar-refractivity contribution in [2.45, 2.75) is 52.8 Å². The summed E-state index contributed by atoms with van der Waals surface area (Å²) >= 11 is 0. The van der Waals surface area contributed by atoms with Gasteiger partial charge in [-0.15, -0.1) is 6.42 Å². The van der Waals surface area contributed by atoms with E-state index in [1.165, 1.54) is 16.7 Å². The number of nitrogens with zero attached hydrogens (tertiary/aromatic N) is 1. The Morgan fingerprint density at radius 1 is 1.36 bits per heavy atom. The molecule has 2 atom stereocenters. The third-order valence-electron chi connectivity index (χ3n) is 4.03. The smallest absolute Gasteiger partial charge is 0.107 e. The SMILES string of the molecule is C#CCOC[C@@H](O)CN(Cc1cc(C)ccc1C)[C@@H](C)CC. The standard InChI is InChI=1S/C19H29NO2/c1-6-10-22-14-19(21)13-20(17(5)7-2)12-18-11-15(3)8-9-16(18)4/h1,8-9,11,17,19,21H,7,10,12-14H2,2-5H3/t17-,19-/m0/s1. The minimum absolute atomic E-state index is 0.247. The molecule has 0 bridgehead atoms. The molecule has 3 nitrogen and oxygen atoms in total. The summed E-state index contributed by atoms with van der Waals surface area (Å²) in [7, 11) is 0. The molecule has 1 N–H and O–H groups in total. The molecule has 0 aliphatic heterocycles. The van der Waals surface area contributed by atoms with Gasteiger partial charge in [0.25, 0.3) is 0 Å². The summed E-state index contributed by atoms with van der Waals surface area (Å²) in [5.74, 6) is 2.42. The maximum Gasteiger partial charge on any atom is 0.107 e. The van der Waals surface area contributed by atoms with E-state index in [1.54, 1.807) is 0 Å². The topological polar surface area (TPSA) is 32.7 Å². The Morgan fingerprint density at radius 3 is 2.73 bits per heavy atom. The van der Waals surface area contributed by atoms with Crippen molar-refractivity contribution in [2.24, 2.45) is 0 Å². The Morgan fingerprint density at radius 2 is 2.09 bits per heavy atom. The molecular weight excluding hydrogens is 274 g/mol. The van der Waals surface area contributed by atoms with Gasteiger partial charge >= 0.3 is 0 Å². The first kappa shape index (κ1) is 18.7. The molecule has 0 fully saturated rings.